The summed E-state index contributed by atoms with van der Waals surface area (Å²) in [5, 5.41) is 0. The molecule has 7 nitrogen and oxygen atoms in total. The number of benzene rings is 2. The van der Waals surface area contributed by atoms with Crippen molar-refractivity contribution < 1.29 is 28.5 Å². The smallest absolute Gasteiger partial charge is 0.363 e. The Balaban J connectivity index is 2.00. The first-order valence-electron chi connectivity index (χ1n) is 8.04. The molecule has 0 saturated heterocycles. The minimum atomic E-state index is -0.559. The molecule has 138 valence electrons. The number of nitrogens with zero attached hydrogens (tertiary/aromatic N) is 1. The highest BCUT2D eigenvalue weighted by Gasteiger charge is 2.24. The zero-order valence-electron chi connectivity index (χ0n) is 15.0. The first-order valence-corrected chi connectivity index (χ1v) is 8.04. The Bertz CT molecular complexity index is 921. The van der Waals surface area contributed by atoms with Crippen LogP contribution in [0, 0.1) is 0 Å². The lowest BCUT2D eigenvalue weighted by atomic mass is 10.1. The minimum Gasteiger partial charge on any atom is -0.493 e. The molecule has 2 aromatic rings. The van der Waals surface area contributed by atoms with Crippen molar-refractivity contribution in [1.29, 1.82) is 0 Å². The van der Waals surface area contributed by atoms with E-state index in [1.807, 2.05) is 18.2 Å². The van der Waals surface area contributed by atoms with Crippen molar-refractivity contribution >= 4 is 23.9 Å². The second-order valence-electron chi connectivity index (χ2n) is 5.55. The molecule has 0 aromatic heterocycles. The van der Waals surface area contributed by atoms with Crippen molar-refractivity contribution in [3.8, 4) is 17.2 Å². The highest BCUT2D eigenvalue weighted by molar-refractivity contribution is 6.12. The molecular formula is C20H17NO6. The number of rotatable bonds is 5. The third kappa shape index (κ3) is 3.98. The molecule has 0 atom stereocenters. The van der Waals surface area contributed by atoms with Crippen molar-refractivity contribution in [1.82, 2.24) is 0 Å². The molecule has 0 saturated carbocycles. The van der Waals surface area contributed by atoms with Crippen LogP contribution in [0.25, 0.3) is 6.08 Å². The Labute approximate surface area is 155 Å². The zero-order chi connectivity index (χ0) is 19.4. The fourth-order valence-corrected chi connectivity index (χ4v) is 2.50. The van der Waals surface area contributed by atoms with Gasteiger partial charge in [-0.1, -0.05) is 18.2 Å². The second-order valence-corrected chi connectivity index (χ2v) is 5.55. The van der Waals surface area contributed by atoms with Gasteiger partial charge >= 0.3 is 11.9 Å². The molecule has 27 heavy (non-hydrogen) atoms. The summed E-state index contributed by atoms with van der Waals surface area (Å²) in [6.45, 7) is 1.28. The number of esters is 2. The van der Waals surface area contributed by atoms with Crippen LogP contribution >= 0.6 is 0 Å². The third-order valence-electron chi connectivity index (χ3n) is 3.67. The SMILES string of the molecule is COc1cc(C=C2N=C(c3ccccc3)OC2=O)cc(OC)c1OC(C)=O. The van der Waals surface area contributed by atoms with Gasteiger partial charge in [0.2, 0.25) is 11.6 Å². The summed E-state index contributed by atoms with van der Waals surface area (Å²) in [7, 11) is 2.88. The normalized spacial score (nSPS) is 14.6. The summed E-state index contributed by atoms with van der Waals surface area (Å²) in [6.07, 6.45) is 1.54. The van der Waals surface area contributed by atoms with E-state index in [0.717, 1.165) is 0 Å². The summed E-state index contributed by atoms with van der Waals surface area (Å²) in [5.41, 5.74) is 1.41. The van der Waals surface area contributed by atoms with Gasteiger partial charge in [-0.05, 0) is 35.9 Å². The largest absolute Gasteiger partial charge is 0.493 e. The van der Waals surface area contributed by atoms with Crippen LogP contribution in [0.15, 0.2) is 53.2 Å². The molecule has 0 aliphatic carbocycles. The summed E-state index contributed by atoms with van der Waals surface area (Å²) >= 11 is 0. The summed E-state index contributed by atoms with van der Waals surface area (Å²) in [6, 6.07) is 12.3. The Morgan fingerprint density at radius 2 is 1.70 bits per heavy atom. The zero-order valence-corrected chi connectivity index (χ0v) is 15.0. The number of hydrogen-bond acceptors (Lipinski definition) is 7. The topological polar surface area (TPSA) is 83.4 Å². The van der Waals surface area contributed by atoms with Crippen LogP contribution in [-0.4, -0.2) is 32.1 Å². The fourth-order valence-electron chi connectivity index (χ4n) is 2.50. The molecule has 0 unspecified atom stereocenters. The van der Waals surface area contributed by atoms with Crippen LogP contribution in [0.2, 0.25) is 0 Å². The maximum Gasteiger partial charge on any atom is 0.363 e. The van der Waals surface area contributed by atoms with E-state index < -0.39 is 11.9 Å². The van der Waals surface area contributed by atoms with Crippen LogP contribution in [0.5, 0.6) is 17.2 Å². The molecule has 0 spiro atoms. The van der Waals surface area contributed by atoms with E-state index >= 15 is 0 Å². The molecular weight excluding hydrogens is 350 g/mol. The van der Waals surface area contributed by atoms with Crippen LogP contribution in [0.1, 0.15) is 18.1 Å². The Hall–Kier alpha value is -3.61. The maximum atomic E-state index is 12.1. The number of hydrogen-bond donors (Lipinski definition) is 0. The van der Waals surface area contributed by atoms with Gasteiger partial charge in [-0.25, -0.2) is 9.79 Å². The van der Waals surface area contributed by atoms with Gasteiger partial charge in [0.1, 0.15) is 0 Å². The molecule has 2 aromatic carbocycles. The number of methoxy groups -OCH3 is 2. The van der Waals surface area contributed by atoms with Gasteiger partial charge in [-0.3, -0.25) is 4.79 Å². The van der Waals surface area contributed by atoms with E-state index in [1.165, 1.54) is 21.1 Å². The van der Waals surface area contributed by atoms with Crippen LogP contribution in [-0.2, 0) is 14.3 Å². The number of carbonyl (C=O) groups excluding carboxylic acids is 2. The third-order valence-corrected chi connectivity index (χ3v) is 3.67. The number of carbonyl (C=O) groups is 2. The van der Waals surface area contributed by atoms with Crippen molar-refractivity contribution in [2.24, 2.45) is 4.99 Å². The predicted molar refractivity (Wildman–Crippen MR) is 97.9 cm³/mol. The van der Waals surface area contributed by atoms with Crippen LogP contribution in [0.3, 0.4) is 0 Å². The maximum absolute atomic E-state index is 12.1. The van der Waals surface area contributed by atoms with Crippen LogP contribution < -0.4 is 14.2 Å². The van der Waals surface area contributed by atoms with Gasteiger partial charge in [0.05, 0.1) is 14.2 Å². The molecule has 0 fully saturated rings. The quantitative estimate of drug-likeness (QED) is 0.459. The van der Waals surface area contributed by atoms with Gasteiger partial charge in [0.15, 0.2) is 17.2 Å². The summed E-state index contributed by atoms with van der Waals surface area (Å²) < 4.78 is 20.9. The lowest BCUT2D eigenvalue weighted by Crippen LogP contribution is -2.05. The van der Waals surface area contributed by atoms with Gasteiger partial charge in [-0.2, -0.15) is 0 Å². The molecule has 0 amide bonds. The number of ether oxygens (including phenoxy) is 4. The van der Waals surface area contributed by atoms with E-state index in [-0.39, 0.29) is 28.8 Å². The van der Waals surface area contributed by atoms with Crippen molar-refractivity contribution in [2.75, 3.05) is 14.2 Å². The monoisotopic (exact) mass is 367 g/mol. The van der Waals surface area contributed by atoms with Gasteiger partial charge in [-0.15, -0.1) is 0 Å². The first kappa shape index (κ1) is 18.2. The standard InChI is InChI=1S/C20H17NO6/c1-12(22)26-18-16(24-2)10-13(11-17(18)25-3)9-15-20(23)27-19(21-15)14-7-5-4-6-8-14/h4-11H,1-3H3. The van der Waals surface area contributed by atoms with Gasteiger partial charge in [0.25, 0.3) is 0 Å². The molecule has 0 N–H and O–H groups in total. The summed E-state index contributed by atoms with van der Waals surface area (Å²) in [4.78, 5) is 27.7. The van der Waals surface area contributed by atoms with E-state index in [0.29, 0.717) is 11.1 Å². The molecule has 3 rings (SSSR count). The number of cyclic esters (lactones) is 1. The average molecular weight is 367 g/mol. The van der Waals surface area contributed by atoms with E-state index in [2.05, 4.69) is 4.99 Å². The Morgan fingerprint density at radius 1 is 1.07 bits per heavy atom. The minimum absolute atomic E-state index is 0.137. The molecule has 7 heteroatoms. The average Bonchev–Trinajstić information content (AvgIpc) is 3.03. The lowest BCUT2D eigenvalue weighted by molar-refractivity contribution is -0.132. The van der Waals surface area contributed by atoms with Crippen molar-refractivity contribution in [3.63, 3.8) is 0 Å². The van der Waals surface area contributed by atoms with Crippen LogP contribution in [0.4, 0.5) is 0 Å². The van der Waals surface area contributed by atoms with E-state index in [4.69, 9.17) is 18.9 Å². The lowest BCUT2D eigenvalue weighted by Gasteiger charge is -2.13. The Morgan fingerprint density at radius 3 is 2.26 bits per heavy atom. The van der Waals surface area contributed by atoms with Gasteiger partial charge < -0.3 is 18.9 Å². The highest BCUT2D eigenvalue weighted by Crippen LogP contribution is 2.39. The molecule has 0 radical (unpaired) electrons. The van der Waals surface area contributed by atoms with E-state index in [1.54, 1.807) is 30.3 Å². The first-order chi connectivity index (χ1) is 13.0. The predicted octanol–water partition coefficient (Wildman–Crippen LogP) is 2.97. The van der Waals surface area contributed by atoms with Gasteiger partial charge in [0, 0.05) is 12.5 Å². The molecule has 1 aliphatic rings. The van der Waals surface area contributed by atoms with E-state index in [9.17, 15) is 9.59 Å². The highest BCUT2D eigenvalue weighted by atomic mass is 16.6. The Kier molecular flexibility index (Phi) is 5.21. The molecule has 1 heterocycles. The fraction of sp³-hybridized carbons (Fsp3) is 0.150. The summed E-state index contributed by atoms with van der Waals surface area (Å²) in [5.74, 6) is -0.0884. The second kappa shape index (κ2) is 7.74. The number of aliphatic imine (C=N–C) groups is 1. The van der Waals surface area contributed by atoms with Crippen molar-refractivity contribution in [3.05, 3.63) is 59.3 Å². The van der Waals surface area contributed by atoms with Crippen molar-refractivity contribution in [2.45, 2.75) is 6.92 Å². The molecule has 0 bridgehead atoms. The molecule has 1 aliphatic heterocycles.